The molecule has 0 bridgehead atoms. The van der Waals surface area contributed by atoms with Crippen molar-refractivity contribution < 1.29 is 19.9 Å². The van der Waals surface area contributed by atoms with Crippen LogP contribution in [-0.2, 0) is 6.54 Å². The van der Waals surface area contributed by atoms with E-state index in [1.54, 1.807) is 21.3 Å². The molecule has 0 aliphatic carbocycles. The van der Waals surface area contributed by atoms with Crippen molar-refractivity contribution in [2.24, 2.45) is 0 Å². The first-order valence-electron chi connectivity index (χ1n) is 4.35. The second-order valence-corrected chi connectivity index (χ2v) is 2.78. The van der Waals surface area contributed by atoms with Gasteiger partial charge in [-0.2, -0.15) is 0 Å². The summed E-state index contributed by atoms with van der Waals surface area (Å²) >= 11 is 0. The van der Waals surface area contributed by atoms with E-state index in [0.717, 1.165) is 5.56 Å². The smallest absolute Gasteiger partial charge is 0.203 e. The van der Waals surface area contributed by atoms with Crippen LogP contribution in [0.5, 0.6) is 17.2 Å². The molecule has 0 radical (unpaired) electrons. The van der Waals surface area contributed by atoms with Gasteiger partial charge >= 0.3 is 0 Å². The second kappa shape index (κ2) is 4.72. The van der Waals surface area contributed by atoms with Crippen LogP contribution in [0.4, 0.5) is 0 Å². The summed E-state index contributed by atoms with van der Waals surface area (Å²) in [5.74, 6) is 1.96. The Morgan fingerprint density at radius 1 is 1.00 bits per heavy atom. The molecule has 14 heavy (non-hydrogen) atoms. The number of benzene rings is 1. The highest BCUT2D eigenvalue weighted by Crippen LogP contribution is 2.37. The molecule has 3 N–H and O–H groups in total. The van der Waals surface area contributed by atoms with Crippen molar-refractivity contribution in [3.63, 3.8) is 0 Å². The Hall–Kier alpha value is -1.42. The first-order valence-corrected chi connectivity index (χ1v) is 4.35. The SMILES string of the molecule is COc1cc(C[NH3+])cc(OC)c1OC. The van der Waals surface area contributed by atoms with Crippen LogP contribution < -0.4 is 19.9 Å². The molecular formula is C10H16NO3+. The topological polar surface area (TPSA) is 55.3 Å². The molecule has 0 atom stereocenters. The van der Waals surface area contributed by atoms with Crippen molar-refractivity contribution in [1.82, 2.24) is 0 Å². The van der Waals surface area contributed by atoms with Crippen LogP contribution in [0.25, 0.3) is 0 Å². The number of ether oxygens (including phenoxy) is 3. The predicted octanol–water partition coefficient (Wildman–Crippen LogP) is 0.454. The molecule has 0 aromatic heterocycles. The van der Waals surface area contributed by atoms with E-state index < -0.39 is 0 Å². The Kier molecular flexibility index (Phi) is 3.59. The van der Waals surface area contributed by atoms with Gasteiger partial charge in [0, 0.05) is 5.56 Å². The van der Waals surface area contributed by atoms with Gasteiger partial charge in [0.25, 0.3) is 0 Å². The Morgan fingerprint density at radius 3 is 1.79 bits per heavy atom. The second-order valence-electron chi connectivity index (χ2n) is 2.78. The first-order chi connectivity index (χ1) is 6.76. The average Bonchev–Trinajstić information content (AvgIpc) is 2.26. The molecule has 0 saturated heterocycles. The zero-order valence-electron chi connectivity index (χ0n) is 8.79. The summed E-state index contributed by atoms with van der Waals surface area (Å²) in [5.41, 5.74) is 4.87. The summed E-state index contributed by atoms with van der Waals surface area (Å²) in [4.78, 5) is 0. The first kappa shape index (κ1) is 10.7. The summed E-state index contributed by atoms with van der Waals surface area (Å²) in [5, 5.41) is 0. The molecule has 4 nitrogen and oxygen atoms in total. The molecule has 1 aromatic rings. The molecule has 0 aliphatic rings. The summed E-state index contributed by atoms with van der Waals surface area (Å²) in [7, 11) is 4.79. The fraction of sp³-hybridized carbons (Fsp3) is 0.400. The minimum absolute atomic E-state index is 0.618. The lowest BCUT2D eigenvalue weighted by Gasteiger charge is -2.12. The van der Waals surface area contributed by atoms with E-state index in [0.29, 0.717) is 23.8 Å². The molecule has 0 fully saturated rings. The van der Waals surface area contributed by atoms with Gasteiger partial charge in [-0.1, -0.05) is 0 Å². The lowest BCUT2D eigenvalue weighted by atomic mass is 10.2. The Labute approximate surface area is 83.6 Å². The van der Waals surface area contributed by atoms with Crippen LogP contribution in [0.3, 0.4) is 0 Å². The summed E-state index contributed by atoms with van der Waals surface area (Å²) < 4.78 is 15.6. The molecule has 0 unspecified atom stereocenters. The standard InChI is InChI=1S/C10H15NO3/c1-12-8-4-7(6-11)5-9(13-2)10(8)14-3/h4-5H,6,11H2,1-3H3/p+1. The third-order valence-electron chi connectivity index (χ3n) is 2.01. The van der Waals surface area contributed by atoms with Gasteiger partial charge in [-0.3, -0.25) is 0 Å². The Balaban J connectivity index is 3.24. The zero-order chi connectivity index (χ0) is 10.6. The van der Waals surface area contributed by atoms with Crippen LogP contribution in [0, 0.1) is 0 Å². The Morgan fingerprint density at radius 2 is 1.50 bits per heavy atom. The van der Waals surface area contributed by atoms with Crippen LogP contribution in [-0.4, -0.2) is 21.3 Å². The maximum Gasteiger partial charge on any atom is 0.203 e. The minimum Gasteiger partial charge on any atom is -0.493 e. The molecule has 0 saturated carbocycles. The van der Waals surface area contributed by atoms with Crippen molar-refractivity contribution in [2.45, 2.75) is 6.54 Å². The van der Waals surface area contributed by atoms with Gasteiger partial charge in [-0.25, -0.2) is 0 Å². The predicted molar refractivity (Wildman–Crippen MR) is 52.7 cm³/mol. The molecule has 0 spiro atoms. The number of quaternary nitrogens is 1. The lowest BCUT2D eigenvalue weighted by molar-refractivity contribution is -0.386. The Bertz CT molecular complexity index is 287. The molecule has 0 amide bonds. The van der Waals surface area contributed by atoms with E-state index in [4.69, 9.17) is 14.2 Å². The molecule has 0 aliphatic heterocycles. The van der Waals surface area contributed by atoms with Gasteiger partial charge in [-0.05, 0) is 12.1 Å². The normalized spacial score (nSPS) is 9.71. The van der Waals surface area contributed by atoms with Crippen molar-refractivity contribution >= 4 is 0 Å². The molecule has 78 valence electrons. The van der Waals surface area contributed by atoms with Gasteiger partial charge in [-0.15, -0.1) is 0 Å². The van der Waals surface area contributed by atoms with Gasteiger partial charge in [0.2, 0.25) is 5.75 Å². The van der Waals surface area contributed by atoms with Crippen molar-refractivity contribution in [3.8, 4) is 17.2 Å². The zero-order valence-corrected chi connectivity index (χ0v) is 8.79. The maximum atomic E-state index is 5.19. The average molecular weight is 198 g/mol. The fourth-order valence-corrected chi connectivity index (χ4v) is 1.28. The van der Waals surface area contributed by atoms with Crippen molar-refractivity contribution in [1.29, 1.82) is 0 Å². The van der Waals surface area contributed by atoms with Gasteiger partial charge in [0.15, 0.2) is 11.5 Å². The van der Waals surface area contributed by atoms with Crippen LogP contribution >= 0.6 is 0 Å². The number of hydrogen-bond acceptors (Lipinski definition) is 3. The highest BCUT2D eigenvalue weighted by atomic mass is 16.5. The van der Waals surface area contributed by atoms with E-state index in [2.05, 4.69) is 5.73 Å². The van der Waals surface area contributed by atoms with E-state index in [-0.39, 0.29) is 0 Å². The van der Waals surface area contributed by atoms with Gasteiger partial charge in [0.05, 0.1) is 27.9 Å². The van der Waals surface area contributed by atoms with Gasteiger partial charge < -0.3 is 19.9 Å². The maximum absolute atomic E-state index is 5.19. The molecule has 4 heteroatoms. The van der Waals surface area contributed by atoms with Crippen LogP contribution in [0.1, 0.15) is 5.56 Å². The van der Waals surface area contributed by atoms with Gasteiger partial charge in [0.1, 0.15) is 0 Å². The minimum atomic E-state index is 0.618. The lowest BCUT2D eigenvalue weighted by Crippen LogP contribution is -2.47. The fourth-order valence-electron chi connectivity index (χ4n) is 1.28. The van der Waals surface area contributed by atoms with Crippen LogP contribution in [0.15, 0.2) is 12.1 Å². The molecular weight excluding hydrogens is 182 g/mol. The number of hydrogen-bond donors (Lipinski definition) is 1. The highest BCUT2D eigenvalue weighted by Gasteiger charge is 2.12. The summed E-state index contributed by atoms with van der Waals surface area (Å²) in [6.07, 6.45) is 0. The number of rotatable bonds is 4. The monoisotopic (exact) mass is 198 g/mol. The molecule has 1 rings (SSSR count). The summed E-state index contributed by atoms with van der Waals surface area (Å²) in [6.45, 7) is 0.691. The van der Waals surface area contributed by atoms with E-state index in [1.807, 2.05) is 12.1 Å². The summed E-state index contributed by atoms with van der Waals surface area (Å²) in [6, 6.07) is 3.79. The number of methoxy groups -OCH3 is 3. The van der Waals surface area contributed by atoms with E-state index >= 15 is 0 Å². The molecule has 0 heterocycles. The van der Waals surface area contributed by atoms with Crippen molar-refractivity contribution in [2.75, 3.05) is 21.3 Å². The van der Waals surface area contributed by atoms with Crippen molar-refractivity contribution in [3.05, 3.63) is 17.7 Å². The molecule has 1 aromatic carbocycles. The van der Waals surface area contributed by atoms with Crippen LogP contribution in [0.2, 0.25) is 0 Å². The highest BCUT2D eigenvalue weighted by molar-refractivity contribution is 5.53. The largest absolute Gasteiger partial charge is 0.493 e. The third-order valence-corrected chi connectivity index (χ3v) is 2.01. The third kappa shape index (κ3) is 1.90. The van der Waals surface area contributed by atoms with E-state index in [9.17, 15) is 0 Å². The quantitative estimate of drug-likeness (QED) is 0.764. The van der Waals surface area contributed by atoms with E-state index in [1.165, 1.54) is 0 Å².